The Hall–Kier alpha value is -2.62. The van der Waals surface area contributed by atoms with E-state index in [0.29, 0.717) is 11.3 Å². The minimum absolute atomic E-state index is 0.116. The molecule has 0 aliphatic heterocycles. The molecule has 1 N–H and O–H groups in total. The van der Waals surface area contributed by atoms with Crippen LogP contribution in [0.5, 0.6) is 11.5 Å². The molecule has 0 saturated carbocycles. The van der Waals surface area contributed by atoms with Crippen LogP contribution in [0.2, 0.25) is 0 Å². The van der Waals surface area contributed by atoms with Crippen LogP contribution in [0.3, 0.4) is 0 Å². The topological polar surface area (TPSA) is 46.5 Å². The minimum atomic E-state index is -0.491. The highest BCUT2D eigenvalue weighted by molar-refractivity contribution is 5.71. The number of hydrogen-bond acceptors (Lipinski definition) is 3. The smallest absolute Gasteiger partial charge is 0.308 e. The van der Waals surface area contributed by atoms with Crippen LogP contribution in [-0.2, 0) is 4.79 Å². The molecule has 0 fully saturated rings. The molecule has 0 saturated heterocycles. The van der Waals surface area contributed by atoms with Crippen molar-refractivity contribution in [2.75, 3.05) is 0 Å². The molecule has 0 spiro atoms. The predicted octanol–water partition coefficient (Wildman–Crippen LogP) is 3.63. The van der Waals surface area contributed by atoms with Crippen molar-refractivity contribution >= 4 is 18.1 Å². The molecule has 2 rings (SSSR count). The number of esters is 1. The van der Waals surface area contributed by atoms with E-state index in [9.17, 15) is 14.3 Å². The van der Waals surface area contributed by atoms with E-state index in [1.54, 1.807) is 36.4 Å². The SMILES string of the molecule is CC(=O)Oc1ccc(/C=C/c2cc(O)cc(F)c2)cc1. The molecule has 0 amide bonds. The van der Waals surface area contributed by atoms with Gasteiger partial charge in [0.05, 0.1) is 0 Å². The standard InChI is InChI=1S/C16H13FO3/c1-11(18)20-16-6-4-12(5-7-16)2-3-13-8-14(17)10-15(19)9-13/h2-10,19H,1H3/b3-2+. The summed E-state index contributed by atoms with van der Waals surface area (Å²) in [5.41, 5.74) is 1.43. The Balaban J connectivity index is 2.12. The van der Waals surface area contributed by atoms with Gasteiger partial charge >= 0.3 is 5.97 Å². The molecule has 4 heteroatoms. The van der Waals surface area contributed by atoms with Crippen molar-refractivity contribution in [1.29, 1.82) is 0 Å². The van der Waals surface area contributed by atoms with E-state index >= 15 is 0 Å². The average molecular weight is 272 g/mol. The number of carbonyl (C=O) groups excluding carboxylic acids is 1. The molecule has 0 aromatic heterocycles. The second-order valence-electron chi connectivity index (χ2n) is 4.24. The Morgan fingerprint density at radius 1 is 1.10 bits per heavy atom. The average Bonchev–Trinajstić information content (AvgIpc) is 2.36. The lowest BCUT2D eigenvalue weighted by atomic mass is 10.1. The van der Waals surface area contributed by atoms with E-state index < -0.39 is 5.82 Å². The van der Waals surface area contributed by atoms with Gasteiger partial charge in [0.2, 0.25) is 0 Å². The normalized spacial score (nSPS) is 10.7. The third-order valence-corrected chi connectivity index (χ3v) is 2.51. The number of rotatable bonds is 3. The van der Waals surface area contributed by atoms with Gasteiger partial charge in [0.15, 0.2) is 0 Å². The molecule has 0 heterocycles. The molecular weight excluding hydrogens is 259 g/mol. The summed E-state index contributed by atoms with van der Waals surface area (Å²) in [7, 11) is 0. The van der Waals surface area contributed by atoms with Gasteiger partial charge in [-0.2, -0.15) is 0 Å². The van der Waals surface area contributed by atoms with Crippen LogP contribution in [0.1, 0.15) is 18.1 Å². The molecular formula is C16H13FO3. The van der Waals surface area contributed by atoms with E-state index in [1.807, 2.05) is 0 Å². The van der Waals surface area contributed by atoms with Crippen molar-refractivity contribution in [3.63, 3.8) is 0 Å². The van der Waals surface area contributed by atoms with E-state index in [-0.39, 0.29) is 11.7 Å². The molecule has 0 bridgehead atoms. The largest absolute Gasteiger partial charge is 0.508 e. The maximum absolute atomic E-state index is 13.1. The van der Waals surface area contributed by atoms with Gasteiger partial charge in [-0.15, -0.1) is 0 Å². The zero-order valence-corrected chi connectivity index (χ0v) is 10.8. The lowest BCUT2D eigenvalue weighted by molar-refractivity contribution is -0.131. The lowest BCUT2D eigenvalue weighted by Gasteiger charge is -2.01. The second-order valence-corrected chi connectivity index (χ2v) is 4.24. The molecule has 2 aromatic rings. The van der Waals surface area contributed by atoms with Gasteiger partial charge in [-0.25, -0.2) is 4.39 Å². The fourth-order valence-corrected chi connectivity index (χ4v) is 1.70. The summed E-state index contributed by atoms with van der Waals surface area (Å²) in [5.74, 6) is -0.508. The molecule has 0 unspecified atom stereocenters. The van der Waals surface area contributed by atoms with Gasteiger partial charge in [-0.05, 0) is 35.4 Å². The number of ether oxygens (including phenoxy) is 1. The molecule has 102 valence electrons. The number of hydrogen-bond donors (Lipinski definition) is 1. The molecule has 20 heavy (non-hydrogen) atoms. The Morgan fingerprint density at radius 3 is 2.35 bits per heavy atom. The van der Waals surface area contributed by atoms with Gasteiger partial charge in [0.1, 0.15) is 17.3 Å². The first-order valence-electron chi connectivity index (χ1n) is 5.99. The summed E-state index contributed by atoms with van der Waals surface area (Å²) in [5, 5.41) is 9.29. The van der Waals surface area contributed by atoms with E-state index in [0.717, 1.165) is 11.6 Å². The number of aromatic hydroxyl groups is 1. The highest BCUT2D eigenvalue weighted by atomic mass is 19.1. The number of benzene rings is 2. The summed E-state index contributed by atoms with van der Waals surface area (Å²) in [6.07, 6.45) is 3.45. The molecule has 2 aromatic carbocycles. The van der Waals surface area contributed by atoms with E-state index in [2.05, 4.69) is 0 Å². The predicted molar refractivity (Wildman–Crippen MR) is 74.7 cm³/mol. The molecule has 0 aliphatic rings. The first-order chi connectivity index (χ1) is 9.52. The Labute approximate surface area is 115 Å². The van der Waals surface area contributed by atoms with Crippen LogP contribution in [0.15, 0.2) is 42.5 Å². The second kappa shape index (κ2) is 6.02. The highest BCUT2D eigenvalue weighted by Crippen LogP contribution is 2.18. The van der Waals surface area contributed by atoms with Gasteiger partial charge in [-0.3, -0.25) is 4.79 Å². The fourth-order valence-electron chi connectivity index (χ4n) is 1.70. The van der Waals surface area contributed by atoms with Crippen molar-refractivity contribution in [3.05, 3.63) is 59.4 Å². The van der Waals surface area contributed by atoms with Crippen molar-refractivity contribution in [1.82, 2.24) is 0 Å². The van der Waals surface area contributed by atoms with Crippen molar-refractivity contribution < 1.29 is 19.0 Å². The highest BCUT2D eigenvalue weighted by Gasteiger charge is 1.98. The summed E-state index contributed by atoms with van der Waals surface area (Å²) in [6.45, 7) is 1.34. The van der Waals surface area contributed by atoms with Crippen molar-refractivity contribution in [3.8, 4) is 11.5 Å². The van der Waals surface area contributed by atoms with Crippen LogP contribution in [0, 0.1) is 5.82 Å². The zero-order valence-electron chi connectivity index (χ0n) is 10.8. The number of phenols is 1. The summed E-state index contributed by atoms with van der Waals surface area (Å²) in [6, 6.07) is 10.7. The molecule has 0 atom stereocenters. The maximum Gasteiger partial charge on any atom is 0.308 e. The van der Waals surface area contributed by atoms with Crippen LogP contribution in [0.4, 0.5) is 4.39 Å². The van der Waals surface area contributed by atoms with Gasteiger partial charge < -0.3 is 9.84 Å². The first kappa shape index (κ1) is 13.8. The third kappa shape index (κ3) is 3.95. The lowest BCUT2D eigenvalue weighted by Crippen LogP contribution is -2.00. The summed E-state index contributed by atoms with van der Waals surface area (Å²) in [4.78, 5) is 10.8. The molecule has 0 radical (unpaired) electrons. The van der Waals surface area contributed by atoms with Gasteiger partial charge in [0, 0.05) is 13.0 Å². The van der Waals surface area contributed by atoms with Crippen LogP contribution < -0.4 is 4.74 Å². The Kier molecular flexibility index (Phi) is 4.15. The quantitative estimate of drug-likeness (QED) is 0.527. The number of halogens is 1. The molecule has 3 nitrogen and oxygen atoms in total. The zero-order chi connectivity index (χ0) is 14.5. The van der Waals surface area contributed by atoms with E-state index in [4.69, 9.17) is 4.74 Å². The fraction of sp³-hybridized carbons (Fsp3) is 0.0625. The summed E-state index contributed by atoms with van der Waals surface area (Å²) >= 11 is 0. The van der Waals surface area contributed by atoms with Gasteiger partial charge in [0.25, 0.3) is 0 Å². The maximum atomic E-state index is 13.1. The van der Waals surface area contributed by atoms with Crippen LogP contribution in [-0.4, -0.2) is 11.1 Å². The van der Waals surface area contributed by atoms with Crippen molar-refractivity contribution in [2.24, 2.45) is 0 Å². The number of carbonyl (C=O) groups is 1. The number of phenolic OH excluding ortho intramolecular Hbond substituents is 1. The minimum Gasteiger partial charge on any atom is -0.508 e. The van der Waals surface area contributed by atoms with Gasteiger partial charge in [-0.1, -0.05) is 24.3 Å². The Morgan fingerprint density at radius 2 is 1.75 bits per heavy atom. The Bertz CT molecular complexity index is 625. The monoisotopic (exact) mass is 272 g/mol. The first-order valence-corrected chi connectivity index (χ1v) is 5.99. The third-order valence-electron chi connectivity index (χ3n) is 2.51. The van der Waals surface area contributed by atoms with Crippen LogP contribution in [0.25, 0.3) is 12.2 Å². The van der Waals surface area contributed by atoms with Crippen LogP contribution >= 0.6 is 0 Å². The summed E-state index contributed by atoms with van der Waals surface area (Å²) < 4.78 is 18.0. The molecule has 0 aliphatic carbocycles. The van der Waals surface area contributed by atoms with E-state index in [1.165, 1.54) is 19.1 Å². The van der Waals surface area contributed by atoms with Crippen molar-refractivity contribution in [2.45, 2.75) is 6.92 Å².